The number of anilines is 1. The minimum Gasteiger partial charge on any atom is -0.382 e. The second-order valence-corrected chi connectivity index (χ2v) is 8.11. The Balaban J connectivity index is 1.59. The van der Waals surface area contributed by atoms with Gasteiger partial charge in [0.15, 0.2) is 11.5 Å². The van der Waals surface area contributed by atoms with Crippen molar-refractivity contribution in [1.82, 2.24) is 24.4 Å². The molecule has 0 saturated carbocycles. The monoisotopic (exact) mass is 330 g/mol. The molecule has 7 heteroatoms. The van der Waals surface area contributed by atoms with Gasteiger partial charge in [0, 0.05) is 19.5 Å². The third-order valence-corrected chi connectivity index (χ3v) is 4.48. The molecule has 3 heterocycles. The Bertz CT molecular complexity index is 741. The van der Waals surface area contributed by atoms with Gasteiger partial charge in [0.25, 0.3) is 0 Å². The van der Waals surface area contributed by atoms with Gasteiger partial charge in [0.1, 0.15) is 11.8 Å². The van der Waals surface area contributed by atoms with Gasteiger partial charge in [-0.1, -0.05) is 27.7 Å². The molecule has 2 N–H and O–H groups in total. The Labute approximate surface area is 142 Å². The maximum Gasteiger partial charge on any atom is 0.222 e. The number of rotatable bonds is 4. The van der Waals surface area contributed by atoms with Gasteiger partial charge in [-0.3, -0.25) is 4.79 Å². The molecule has 0 bridgehead atoms. The lowest BCUT2D eigenvalue weighted by molar-refractivity contribution is -0.138. The maximum absolute atomic E-state index is 12.4. The predicted octanol–water partition coefficient (Wildman–Crippen LogP) is 2.25. The summed E-state index contributed by atoms with van der Waals surface area (Å²) >= 11 is 0. The maximum atomic E-state index is 12.4. The van der Waals surface area contributed by atoms with Gasteiger partial charge in [-0.15, -0.1) is 0 Å². The highest BCUT2D eigenvalue weighted by Crippen LogP contribution is 2.29. The standard InChI is InChI=1S/C17H26N6O/c1-11(6-17(2,3)4)5-13(24)22-7-12(8-22)23-10-21-14-15(18)19-9-20-16(14)23/h9-12H,5-8H2,1-4H3,(H2,18,19,20). The number of nitrogen functional groups attached to an aromatic ring is 1. The first-order chi connectivity index (χ1) is 11.2. The zero-order valence-electron chi connectivity index (χ0n) is 14.9. The van der Waals surface area contributed by atoms with Gasteiger partial charge in [-0.2, -0.15) is 0 Å². The molecule has 7 nitrogen and oxygen atoms in total. The van der Waals surface area contributed by atoms with Crippen molar-refractivity contribution in [2.75, 3.05) is 18.8 Å². The van der Waals surface area contributed by atoms with E-state index in [-0.39, 0.29) is 17.4 Å². The Kier molecular flexibility index (Phi) is 4.19. The molecule has 2 aromatic rings. The Morgan fingerprint density at radius 1 is 1.33 bits per heavy atom. The summed E-state index contributed by atoms with van der Waals surface area (Å²) < 4.78 is 2.00. The first-order valence-corrected chi connectivity index (χ1v) is 8.45. The molecule has 1 amide bonds. The van der Waals surface area contributed by atoms with Crippen LogP contribution in [0.3, 0.4) is 0 Å². The topological polar surface area (TPSA) is 89.9 Å². The number of amides is 1. The molecule has 130 valence electrons. The molecule has 1 aliphatic rings. The molecule has 1 unspecified atom stereocenters. The number of carbonyl (C=O) groups is 1. The van der Waals surface area contributed by atoms with Gasteiger partial charge < -0.3 is 15.2 Å². The molecule has 0 spiro atoms. The Hall–Kier alpha value is -2.18. The molecule has 24 heavy (non-hydrogen) atoms. The fraction of sp³-hybridized carbons (Fsp3) is 0.647. The van der Waals surface area contributed by atoms with Crippen LogP contribution in [0.4, 0.5) is 5.82 Å². The molecule has 1 atom stereocenters. The van der Waals surface area contributed by atoms with Crippen LogP contribution in [0.2, 0.25) is 0 Å². The quantitative estimate of drug-likeness (QED) is 0.928. The average molecular weight is 330 g/mol. The number of hydrogen-bond acceptors (Lipinski definition) is 5. The van der Waals surface area contributed by atoms with Crippen LogP contribution in [0.1, 0.15) is 46.6 Å². The van der Waals surface area contributed by atoms with Gasteiger partial charge in [-0.25, -0.2) is 15.0 Å². The number of likely N-dealkylation sites (tertiary alicyclic amines) is 1. The Morgan fingerprint density at radius 2 is 2.04 bits per heavy atom. The molecule has 0 aliphatic carbocycles. The van der Waals surface area contributed by atoms with Crippen molar-refractivity contribution in [3.8, 4) is 0 Å². The number of fused-ring (bicyclic) bond motifs is 1. The summed E-state index contributed by atoms with van der Waals surface area (Å²) in [6.45, 7) is 10.2. The lowest BCUT2D eigenvalue weighted by Gasteiger charge is -2.40. The van der Waals surface area contributed by atoms with Crippen molar-refractivity contribution in [2.45, 2.75) is 46.6 Å². The molecule has 0 aromatic carbocycles. The van der Waals surface area contributed by atoms with Gasteiger partial charge in [-0.05, 0) is 17.8 Å². The van der Waals surface area contributed by atoms with Gasteiger partial charge in [0.2, 0.25) is 5.91 Å². The van der Waals surface area contributed by atoms with E-state index in [1.807, 2.05) is 9.47 Å². The van der Waals surface area contributed by atoms with Crippen LogP contribution in [0.25, 0.3) is 11.2 Å². The molecule has 3 rings (SSSR count). The number of imidazole rings is 1. The van der Waals surface area contributed by atoms with E-state index < -0.39 is 0 Å². The van der Waals surface area contributed by atoms with Crippen LogP contribution in [-0.2, 0) is 4.79 Å². The van der Waals surface area contributed by atoms with Gasteiger partial charge in [0.05, 0.1) is 12.4 Å². The summed E-state index contributed by atoms with van der Waals surface area (Å²) in [4.78, 5) is 26.8. The van der Waals surface area contributed by atoms with Crippen LogP contribution in [0.15, 0.2) is 12.7 Å². The number of carbonyl (C=O) groups excluding carboxylic acids is 1. The van der Waals surface area contributed by atoms with E-state index in [2.05, 4.69) is 42.6 Å². The predicted molar refractivity (Wildman–Crippen MR) is 93.2 cm³/mol. The summed E-state index contributed by atoms with van der Waals surface area (Å²) in [5, 5.41) is 0. The number of hydrogen-bond donors (Lipinski definition) is 1. The highest BCUT2D eigenvalue weighted by atomic mass is 16.2. The third kappa shape index (κ3) is 3.34. The second-order valence-electron chi connectivity index (χ2n) is 8.11. The number of nitrogens with zero attached hydrogens (tertiary/aromatic N) is 5. The lowest BCUT2D eigenvalue weighted by atomic mass is 9.84. The summed E-state index contributed by atoms with van der Waals surface area (Å²) in [5.41, 5.74) is 7.44. The largest absolute Gasteiger partial charge is 0.382 e. The zero-order chi connectivity index (χ0) is 17.5. The summed E-state index contributed by atoms with van der Waals surface area (Å²) in [7, 11) is 0. The lowest BCUT2D eigenvalue weighted by Crippen LogP contribution is -2.51. The second kappa shape index (κ2) is 6.03. The fourth-order valence-corrected chi connectivity index (χ4v) is 3.52. The fourth-order valence-electron chi connectivity index (χ4n) is 3.52. The summed E-state index contributed by atoms with van der Waals surface area (Å²) in [6.07, 6.45) is 4.86. The first kappa shape index (κ1) is 16.7. The minimum atomic E-state index is 0.214. The van der Waals surface area contributed by atoms with Crippen LogP contribution < -0.4 is 5.73 Å². The molecule has 1 fully saturated rings. The number of nitrogens with two attached hydrogens (primary N) is 1. The van der Waals surface area contributed by atoms with Crippen molar-refractivity contribution in [2.24, 2.45) is 11.3 Å². The van der Waals surface area contributed by atoms with E-state index in [0.717, 1.165) is 12.1 Å². The molecular formula is C17H26N6O. The van der Waals surface area contributed by atoms with E-state index in [0.29, 0.717) is 36.8 Å². The minimum absolute atomic E-state index is 0.214. The molecule has 1 aliphatic heterocycles. The van der Waals surface area contributed by atoms with Crippen LogP contribution in [0, 0.1) is 11.3 Å². The molecular weight excluding hydrogens is 304 g/mol. The zero-order valence-corrected chi connectivity index (χ0v) is 14.9. The van der Waals surface area contributed by atoms with Crippen molar-refractivity contribution >= 4 is 22.9 Å². The van der Waals surface area contributed by atoms with Gasteiger partial charge >= 0.3 is 0 Å². The molecule has 2 aromatic heterocycles. The van der Waals surface area contributed by atoms with Crippen LogP contribution in [-0.4, -0.2) is 43.4 Å². The Morgan fingerprint density at radius 3 is 2.71 bits per heavy atom. The van der Waals surface area contributed by atoms with E-state index >= 15 is 0 Å². The number of aromatic nitrogens is 4. The highest BCUT2D eigenvalue weighted by molar-refractivity contribution is 5.81. The van der Waals surface area contributed by atoms with Crippen molar-refractivity contribution in [3.63, 3.8) is 0 Å². The average Bonchev–Trinajstić information content (AvgIpc) is 2.80. The van der Waals surface area contributed by atoms with E-state index in [4.69, 9.17) is 5.73 Å². The summed E-state index contributed by atoms with van der Waals surface area (Å²) in [5.74, 6) is 1.03. The van der Waals surface area contributed by atoms with Crippen LogP contribution in [0.5, 0.6) is 0 Å². The smallest absolute Gasteiger partial charge is 0.222 e. The molecule has 1 saturated heterocycles. The van der Waals surface area contributed by atoms with Crippen LogP contribution >= 0.6 is 0 Å². The van der Waals surface area contributed by atoms with Crippen molar-refractivity contribution in [1.29, 1.82) is 0 Å². The molecule has 0 radical (unpaired) electrons. The highest BCUT2D eigenvalue weighted by Gasteiger charge is 2.33. The third-order valence-electron chi connectivity index (χ3n) is 4.48. The van der Waals surface area contributed by atoms with E-state index in [1.165, 1.54) is 6.33 Å². The van der Waals surface area contributed by atoms with E-state index in [9.17, 15) is 4.79 Å². The summed E-state index contributed by atoms with van der Waals surface area (Å²) in [6, 6.07) is 0.214. The van der Waals surface area contributed by atoms with Crippen molar-refractivity contribution in [3.05, 3.63) is 12.7 Å². The first-order valence-electron chi connectivity index (χ1n) is 8.45. The SMILES string of the molecule is CC(CC(=O)N1CC(n2cnc3c(N)ncnc32)C1)CC(C)(C)C. The van der Waals surface area contributed by atoms with E-state index in [1.54, 1.807) is 6.33 Å². The normalized spacial score (nSPS) is 17.1. The van der Waals surface area contributed by atoms with Crippen molar-refractivity contribution < 1.29 is 4.79 Å².